The number of nitrogens with zero attached hydrogens (tertiary/aromatic N) is 2. The molecule has 2 amide bonds. The average Bonchev–Trinajstić information content (AvgIpc) is 3.02. The Morgan fingerprint density at radius 1 is 1.32 bits per heavy atom. The number of hydrogen-bond acceptors (Lipinski definition) is 4. The predicted molar refractivity (Wildman–Crippen MR) is 106 cm³/mol. The molecule has 0 spiro atoms. The summed E-state index contributed by atoms with van der Waals surface area (Å²) in [6.07, 6.45) is 4.37. The highest BCUT2D eigenvalue weighted by Gasteiger charge is 2.32. The van der Waals surface area contributed by atoms with Crippen LogP contribution in [0.1, 0.15) is 21.6 Å². The van der Waals surface area contributed by atoms with Crippen LogP contribution in [0.2, 0.25) is 0 Å². The molecule has 28 heavy (non-hydrogen) atoms. The largest absolute Gasteiger partial charge is 0.350 e. The smallest absolute Gasteiger partial charge is 0.266 e. The molecule has 0 atom stereocenters. The standard InChI is InChI=1S/C20H16FN3O3S/c1-3-8-24-19(27)15(18(26)22-20(24)28)10-13-9-12(11-23(13)2)17(25)14-6-4-5-7-16(14)21/h3-7,9-11H,1,8H2,2H3,(H,22,26,28). The number of carbonyl (C=O) groups excluding carboxylic acids is 3. The molecule has 1 fully saturated rings. The first-order chi connectivity index (χ1) is 13.3. The van der Waals surface area contributed by atoms with Gasteiger partial charge >= 0.3 is 0 Å². The van der Waals surface area contributed by atoms with Crippen LogP contribution in [-0.4, -0.2) is 38.7 Å². The van der Waals surface area contributed by atoms with E-state index in [4.69, 9.17) is 12.2 Å². The monoisotopic (exact) mass is 397 g/mol. The first kappa shape index (κ1) is 19.4. The molecule has 1 aliphatic heterocycles. The van der Waals surface area contributed by atoms with Crippen molar-refractivity contribution in [3.8, 4) is 0 Å². The van der Waals surface area contributed by atoms with Gasteiger partial charge in [-0.3, -0.25) is 24.6 Å². The molecule has 2 heterocycles. The summed E-state index contributed by atoms with van der Waals surface area (Å²) in [5.41, 5.74) is 0.494. The van der Waals surface area contributed by atoms with Crippen molar-refractivity contribution in [2.45, 2.75) is 0 Å². The van der Waals surface area contributed by atoms with Crippen LogP contribution in [0.5, 0.6) is 0 Å². The molecular formula is C20H16FN3O3S. The van der Waals surface area contributed by atoms with Gasteiger partial charge in [-0.25, -0.2) is 4.39 Å². The van der Waals surface area contributed by atoms with Gasteiger partial charge in [-0.15, -0.1) is 6.58 Å². The lowest BCUT2D eigenvalue weighted by molar-refractivity contribution is -0.128. The molecule has 0 aliphatic carbocycles. The molecule has 1 aliphatic rings. The van der Waals surface area contributed by atoms with E-state index in [-0.39, 0.29) is 28.4 Å². The highest BCUT2D eigenvalue weighted by molar-refractivity contribution is 7.80. The summed E-state index contributed by atoms with van der Waals surface area (Å²) in [5, 5.41) is 2.46. The number of aryl methyl sites for hydroxylation is 1. The lowest BCUT2D eigenvalue weighted by Crippen LogP contribution is -2.53. The highest BCUT2D eigenvalue weighted by Crippen LogP contribution is 2.19. The number of amides is 2. The third-order valence-electron chi connectivity index (χ3n) is 4.21. The van der Waals surface area contributed by atoms with Crippen molar-refractivity contribution < 1.29 is 18.8 Å². The van der Waals surface area contributed by atoms with Gasteiger partial charge in [0.1, 0.15) is 11.4 Å². The van der Waals surface area contributed by atoms with Crippen molar-refractivity contribution in [2.75, 3.05) is 6.54 Å². The van der Waals surface area contributed by atoms with Gasteiger partial charge in [0.15, 0.2) is 10.9 Å². The van der Waals surface area contributed by atoms with Crippen LogP contribution in [-0.2, 0) is 16.6 Å². The summed E-state index contributed by atoms with van der Waals surface area (Å²) < 4.78 is 15.5. The second-order valence-corrected chi connectivity index (χ2v) is 6.48. The Hall–Kier alpha value is -3.39. The van der Waals surface area contributed by atoms with Crippen LogP contribution in [0, 0.1) is 5.82 Å². The van der Waals surface area contributed by atoms with Crippen molar-refractivity contribution in [1.82, 2.24) is 14.8 Å². The summed E-state index contributed by atoms with van der Waals surface area (Å²) in [5.74, 6) is -2.30. The van der Waals surface area contributed by atoms with Gasteiger partial charge in [0.05, 0.1) is 5.56 Å². The fraction of sp³-hybridized carbons (Fsp3) is 0.100. The number of rotatable bonds is 5. The molecule has 1 saturated heterocycles. The number of ketones is 1. The molecule has 0 radical (unpaired) electrons. The number of nitrogens with one attached hydrogen (secondary N) is 1. The van der Waals surface area contributed by atoms with Gasteiger partial charge in [-0.2, -0.15) is 0 Å². The minimum absolute atomic E-state index is 0.00866. The fourth-order valence-electron chi connectivity index (χ4n) is 2.79. The van der Waals surface area contributed by atoms with Crippen molar-refractivity contribution in [1.29, 1.82) is 0 Å². The van der Waals surface area contributed by atoms with Gasteiger partial charge in [0, 0.05) is 31.0 Å². The van der Waals surface area contributed by atoms with Crippen molar-refractivity contribution >= 4 is 41.0 Å². The molecular weight excluding hydrogens is 381 g/mol. The molecule has 3 rings (SSSR count). The van der Waals surface area contributed by atoms with E-state index in [1.165, 1.54) is 47.5 Å². The zero-order chi connectivity index (χ0) is 20.4. The first-order valence-corrected chi connectivity index (χ1v) is 8.69. The average molecular weight is 397 g/mol. The van der Waals surface area contributed by atoms with Gasteiger partial charge in [0.2, 0.25) is 0 Å². The van der Waals surface area contributed by atoms with E-state index in [2.05, 4.69) is 11.9 Å². The molecule has 0 bridgehead atoms. The van der Waals surface area contributed by atoms with Crippen molar-refractivity contribution in [3.63, 3.8) is 0 Å². The molecule has 0 saturated carbocycles. The summed E-state index contributed by atoms with van der Waals surface area (Å²) in [4.78, 5) is 38.6. The van der Waals surface area contributed by atoms with Crippen molar-refractivity contribution in [2.24, 2.45) is 7.05 Å². The Labute approximate surface area is 165 Å². The summed E-state index contributed by atoms with van der Waals surface area (Å²) in [7, 11) is 1.65. The summed E-state index contributed by atoms with van der Waals surface area (Å²) in [6.45, 7) is 3.72. The van der Waals surface area contributed by atoms with Crippen LogP contribution in [0.3, 0.4) is 0 Å². The number of halogens is 1. The number of thiocarbonyl (C=S) groups is 1. The predicted octanol–water partition coefficient (Wildman–Crippen LogP) is 2.21. The number of benzene rings is 1. The molecule has 2 aromatic rings. The molecule has 1 aromatic carbocycles. The molecule has 1 aromatic heterocycles. The molecule has 142 valence electrons. The van der Waals surface area contributed by atoms with Crippen LogP contribution >= 0.6 is 12.2 Å². The van der Waals surface area contributed by atoms with Gasteiger partial charge in [0.25, 0.3) is 11.8 Å². The van der Waals surface area contributed by atoms with Crippen molar-refractivity contribution in [3.05, 3.63) is 77.4 Å². The first-order valence-electron chi connectivity index (χ1n) is 8.29. The number of aromatic nitrogens is 1. The number of carbonyl (C=O) groups is 3. The Kier molecular flexibility index (Phi) is 5.32. The normalized spacial score (nSPS) is 15.7. The topological polar surface area (TPSA) is 71.4 Å². The maximum absolute atomic E-state index is 13.9. The zero-order valence-corrected chi connectivity index (χ0v) is 15.8. The maximum Gasteiger partial charge on any atom is 0.266 e. The highest BCUT2D eigenvalue weighted by atomic mass is 32.1. The van der Waals surface area contributed by atoms with E-state index < -0.39 is 23.4 Å². The van der Waals surface area contributed by atoms with E-state index >= 15 is 0 Å². The van der Waals surface area contributed by atoms with Gasteiger partial charge in [-0.05, 0) is 36.5 Å². The second kappa shape index (κ2) is 7.69. The van der Waals surface area contributed by atoms with Gasteiger partial charge in [-0.1, -0.05) is 18.2 Å². The molecule has 8 heteroatoms. The Bertz CT molecular complexity index is 1050. The van der Waals surface area contributed by atoms with E-state index in [1.807, 2.05) is 0 Å². The Morgan fingerprint density at radius 3 is 2.71 bits per heavy atom. The third-order valence-corrected chi connectivity index (χ3v) is 4.54. The SMILES string of the molecule is C=CCN1C(=O)C(=Cc2cc(C(=O)c3ccccc3F)cn2C)C(=O)NC1=S. The van der Waals surface area contributed by atoms with E-state index in [9.17, 15) is 18.8 Å². The Morgan fingerprint density at radius 2 is 2.04 bits per heavy atom. The van der Waals surface area contributed by atoms with Crippen LogP contribution in [0.4, 0.5) is 4.39 Å². The summed E-state index contributed by atoms with van der Waals surface area (Å²) in [6, 6.07) is 7.17. The van der Waals surface area contributed by atoms with Crippen LogP contribution in [0.25, 0.3) is 6.08 Å². The molecule has 1 N–H and O–H groups in total. The lowest BCUT2D eigenvalue weighted by Gasteiger charge is -2.27. The number of hydrogen-bond donors (Lipinski definition) is 1. The second-order valence-electron chi connectivity index (χ2n) is 6.10. The van der Waals surface area contributed by atoms with Crippen LogP contribution in [0.15, 0.2) is 54.8 Å². The minimum Gasteiger partial charge on any atom is -0.350 e. The summed E-state index contributed by atoms with van der Waals surface area (Å²) >= 11 is 5.01. The van der Waals surface area contributed by atoms with Crippen LogP contribution < -0.4 is 5.32 Å². The third kappa shape index (κ3) is 3.54. The van der Waals surface area contributed by atoms with Gasteiger partial charge < -0.3 is 4.57 Å². The zero-order valence-electron chi connectivity index (χ0n) is 14.9. The fourth-order valence-corrected chi connectivity index (χ4v) is 3.04. The van der Waals surface area contributed by atoms with E-state index in [1.54, 1.807) is 17.7 Å². The molecule has 0 unspecified atom stereocenters. The lowest BCUT2D eigenvalue weighted by atomic mass is 10.0. The van der Waals surface area contributed by atoms with E-state index in [0.717, 1.165) is 0 Å². The maximum atomic E-state index is 13.9. The molecule has 6 nitrogen and oxygen atoms in total. The van der Waals surface area contributed by atoms with E-state index in [0.29, 0.717) is 5.69 Å². The minimum atomic E-state index is -0.626. The Balaban J connectivity index is 1.97. The quantitative estimate of drug-likeness (QED) is 0.276.